The van der Waals surface area contributed by atoms with E-state index in [2.05, 4.69) is 14.0 Å². The third kappa shape index (κ3) is 1.46. The largest absolute Gasteiger partial charge is 0.376 e. The molecule has 1 rings (SSSR count). The Balaban J connectivity index is 2.23. The topological polar surface area (TPSA) is 12.5 Å². The lowest BCUT2D eigenvalue weighted by Crippen LogP contribution is -2.36. The van der Waals surface area contributed by atoms with Gasteiger partial charge in [0.15, 0.2) is 0 Å². The molecule has 1 aliphatic heterocycles. The molecule has 1 heterocycles. The number of ether oxygens (including phenoxy) is 1. The summed E-state index contributed by atoms with van der Waals surface area (Å²) < 4.78 is 5.27. The summed E-state index contributed by atoms with van der Waals surface area (Å²) in [6.45, 7) is 4.85. The second-order valence-electron chi connectivity index (χ2n) is 2.26. The van der Waals surface area contributed by atoms with Gasteiger partial charge in [-0.15, -0.1) is 0 Å². The van der Waals surface area contributed by atoms with Crippen LogP contribution >= 0.6 is 0 Å². The first kappa shape index (κ1) is 6.05. The molecule has 1 aliphatic rings. The number of morpholine rings is 1. The van der Waals surface area contributed by atoms with Crippen molar-refractivity contribution in [3.8, 4) is 0 Å². The maximum atomic E-state index is 5.27. The minimum absolute atomic E-state index is 0.376. The smallest absolute Gasteiger partial charge is 0.0674 e. The molecule has 0 aromatic rings. The summed E-state index contributed by atoms with van der Waals surface area (Å²) in [4.78, 5) is 2.04. The molecule has 2 heteroatoms. The van der Waals surface area contributed by atoms with Crippen molar-refractivity contribution in [3.63, 3.8) is 0 Å². The van der Waals surface area contributed by atoms with Gasteiger partial charge in [-0.2, -0.15) is 0 Å². The molecular weight excluding hydrogens is 102 g/mol. The lowest BCUT2D eigenvalue weighted by molar-refractivity contribution is -0.00242. The highest BCUT2D eigenvalue weighted by Crippen LogP contribution is 2.00. The summed E-state index contributed by atoms with van der Waals surface area (Å²) in [5, 5.41) is 0. The molecule has 1 atom stereocenters. The van der Waals surface area contributed by atoms with Crippen LogP contribution in [0.25, 0.3) is 0 Å². The first-order chi connectivity index (χ1) is 3.79. The summed E-state index contributed by atoms with van der Waals surface area (Å²) in [5.74, 6) is 0. The number of nitrogens with zero attached hydrogens (tertiary/aromatic N) is 1. The highest BCUT2D eigenvalue weighted by Gasteiger charge is 2.11. The zero-order chi connectivity index (χ0) is 5.98. The molecule has 0 aromatic heterocycles. The molecule has 0 N–H and O–H groups in total. The lowest BCUT2D eigenvalue weighted by atomic mass is 10.3. The van der Waals surface area contributed by atoms with E-state index in [4.69, 9.17) is 4.74 Å². The summed E-state index contributed by atoms with van der Waals surface area (Å²) >= 11 is 0. The van der Waals surface area contributed by atoms with Crippen LogP contribution in [0.1, 0.15) is 6.92 Å². The summed E-state index contributed by atoms with van der Waals surface area (Å²) in [5.41, 5.74) is 0. The van der Waals surface area contributed by atoms with E-state index in [1.807, 2.05) is 4.90 Å². The van der Waals surface area contributed by atoms with Gasteiger partial charge in [-0.25, -0.2) is 0 Å². The minimum Gasteiger partial charge on any atom is -0.376 e. The summed E-state index contributed by atoms with van der Waals surface area (Å²) in [6.07, 6.45) is 0.376. The van der Waals surface area contributed by atoms with Crippen molar-refractivity contribution in [2.45, 2.75) is 13.0 Å². The Bertz CT molecular complexity index is 66.9. The Morgan fingerprint density at radius 2 is 2.50 bits per heavy atom. The van der Waals surface area contributed by atoms with Crippen LogP contribution in [-0.4, -0.2) is 30.7 Å². The number of rotatable bonds is 0. The quantitative estimate of drug-likeness (QED) is 0.454. The molecule has 0 bridgehead atoms. The Kier molecular flexibility index (Phi) is 1.86. The predicted octanol–water partition coefficient (Wildman–Crippen LogP) is 0.499. The SMILES string of the molecule is [CH2]N1CCO[C@@H](C)C1. The zero-order valence-corrected chi connectivity index (χ0v) is 5.26. The third-order valence-corrected chi connectivity index (χ3v) is 1.33. The molecular formula is C6H12NO. The van der Waals surface area contributed by atoms with Crippen molar-refractivity contribution in [2.75, 3.05) is 19.7 Å². The summed E-state index contributed by atoms with van der Waals surface area (Å²) in [6, 6.07) is 0. The molecule has 0 amide bonds. The van der Waals surface area contributed by atoms with Crippen molar-refractivity contribution in [3.05, 3.63) is 7.05 Å². The Hall–Kier alpha value is -0.0800. The van der Waals surface area contributed by atoms with Gasteiger partial charge >= 0.3 is 0 Å². The van der Waals surface area contributed by atoms with Crippen LogP contribution in [0.5, 0.6) is 0 Å². The van der Waals surface area contributed by atoms with Gasteiger partial charge in [0.2, 0.25) is 0 Å². The van der Waals surface area contributed by atoms with Gasteiger partial charge in [0, 0.05) is 20.1 Å². The second-order valence-corrected chi connectivity index (χ2v) is 2.26. The fraction of sp³-hybridized carbons (Fsp3) is 0.833. The minimum atomic E-state index is 0.376. The van der Waals surface area contributed by atoms with Crippen LogP contribution in [0.2, 0.25) is 0 Å². The molecule has 1 radical (unpaired) electrons. The average Bonchev–Trinajstić information content (AvgIpc) is 1.64. The fourth-order valence-corrected chi connectivity index (χ4v) is 0.891. The molecule has 0 saturated carbocycles. The van der Waals surface area contributed by atoms with Crippen LogP contribution in [-0.2, 0) is 4.74 Å². The molecule has 0 spiro atoms. The lowest BCUT2D eigenvalue weighted by Gasteiger charge is -2.26. The predicted molar refractivity (Wildman–Crippen MR) is 32.3 cm³/mol. The first-order valence-electron chi connectivity index (χ1n) is 2.96. The highest BCUT2D eigenvalue weighted by atomic mass is 16.5. The standard InChI is InChI=1S/C6H12NO/c1-6-5-7(2)3-4-8-6/h6H,2-5H2,1H3/t6-/m0/s1. The molecule has 0 aliphatic carbocycles. The molecule has 1 saturated heterocycles. The van der Waals surface area contributed by atoms with E-state index in [0.717, 1.165) is 19.7 Å². The second kappa shape index (κ2) is 2.46. The van der Waals surface area contributed by atoms with E-state index in [1.54, 1.807) is 0 Å². The number of hydrogen-bond donors (Lipinski definition) is 0. The van der Waals surface area contributed by atoms with E-state index in [-0.39, 0.29) is 0 Å². The van der Waals surface area contributed by atoms with E-state index in [1.165, 1.54) is 0 Å². The van der Waals surface area contributed by atoms with Crippen molar-refractivity contribution in [1.29, 1.82) is 0 Å². The van der Waals surface area contributed by atoms with Crippen LogP contribution in [0, 0.1) is 7.05 Å². The van der Waals surface area contributed by atoms with Crippen LogP contribution in [0.4, 0.5) is 0 Å². The maximum Gasteiger partial charge on any atom is 0.0674 e. The van der Waals surface area contributed by atoms with Crippen LogP contribution < -0.4 is 0 Å². The Morgan fingerprint density at radius 3 is 2.88 bits per heavy atom. The van der Waals surface area contributed by atoms with Gasteiger partial charge in [0.25, 0.3) is 0 Å². The molecule has 47 valence electrons. The normalized spacial score (nSPS) is 33.0. The number of hydrogen-bond acceptors (Lipinski definition) is 2. The van der Waals surface area contributed by atoms with E-state index in [0.29, 0.717) is 6.10 Å². The fourth-order valence-electron chi connectivity index (χ4n) is 0.891. The highest BCUT2D eigenvalue weighted by molar-refractivity contribution is 4.65. The van der Waals surface area contributed by atoms with Crippen molar-refractivity contribution in [2.24, 2.45) is 0 Å². The molecule has 2 nitrogen and oxygen atoms in total. The van der Waals surface area contributed by atoms with E-state index >= 15 is 0 Å². The average molecular weight is 114 g/mol. The van der Waals surface area contributed by atoms with Gasteiger partial charge in [0.05, 0.1) is 12.7 Å². The molecule has 0 unspecified atom stereocenters. The van der Waals surface area contributed by atoms with Gasteiger partial charge in [-0.1, -0.05) is 0 Å². The summed E-state index contributed by atoms with van der Waals surface area (Å²) in [7, 11) is 3.80. The van der Waals surface area contributed by atoms with Crippen molar-refractivity contribution < 1.29 is 4.74 Å². The molecule has 0 aromatic carbocycles. The van der Waals surface area contributed by atoms with Crippen LogP contribution in [0.15, 0.2) is 0 Å². The Morgan fingerprint density at radius 1 is 1.75 bits per heavy atom. The third-order valence-electron chi connectivity index (χ3n) is 1.33. The van der Waals surface area contributed by atoms with Crippen molar-refractivity contribution in [1.82, 2.24) is 4.90 Å². The van der Waals surface area contributed by atoms with Crippen LogP contribution in [0.3, 0.4) is 0 Å². The zero-order valence-electron chi connectivity index (χ0n) is 5.26. The van der Waals surface area contributed by atoms with Gasteiger partial charge in [-0.05, 0) is 6.92 Å². The molecule has 8 heavy (non-hydrogen) atoms. The Labute approximate surface area is 50.4 Å². The van der Waals surface area contributed by atoms with Gasteiger partial charge in [-0.3, -0.25) is 4.90 Å². The first-order valence-corrected chi connectivity index (χ1v) is 2.96. The van der Waals surface area contributed by atoms with E-state index < -0.39 is 0 Å². The molecule has 1 fully saturated rings. The monoisotopic (exact) mass is 114 g/mol. The maximum absolute atomic E-state index is 5.27. The van der Waals surface area contributed by atoms with Gasteiger partial charge in [0.1, 0.15) is 0 Å². The van der Waals surface area contributed by atoms with E-state index in [9.17, 15) is 0 Å². The van der Waals surface area contributed by atoms with Crippen molar-refractivity contribution >= 4 is 0 Å². The van der Waals surface area contributed by atoms with Gasteiger partial charge < -0.3 is 4.74 Å².